The van der Waals surface area contributed by atoms with Gasteiger partial charge in [-0.2, -0.15) is 0 Å². The van der Waals surface area contributed by atoms with Gasteiger partial charge in [-0.25, -0.2) is 4.79 Å². The summed E-state index contributed by atoms with van der Waals surface area (Å²) in [5, 5.41) is 10.3. The smallest absolute Gasteiger partial charge is 0.337 e. The van der Waals surface area contributed by atoms with Gasteiger partial charge in [0.15, 0.2) is 5.78 Å². The highest BCUT2D eigenvalue weighted by atomic mass is 32.2. The Hall–Kier alpha value is -2.27. The first-order valence-corrected chi connectivity index (χ1v) is 9.05. The number of hydrogen-bond donors (Lipinski definition) is 1. The molecular formula is C20H20O4S. The molecule has 2 aromatic rings. The molecule has 0 aliphatic carbocycles. The average molecular weight is 356 g/mol. The molecule has 0 fully saturated rings. The van der Waals surface area contributed by atoms with E-state index in [0.29, 0.717) is 16.7 Å². The molecule has 0 amide bonds. The van der Waals surface area contributed by atoms with Crippen molar-refractivity contribution in [1.82, 2.24) is 0 Å². The number of thioether (sulfide) groups is 1. The summed E-state index contributed by atoms with van der Waals surface area (Å²) >= 11 is 1.71. The van der Waals surface area contributed by atoms with E-state index in [2.05, 4.69) is 18.6 Å². The second-order valence-electron chi connectivity index (χ2n) is 6.75. The maximum atomic E-state index is 12.8. The van der Waals surface area contributed by atoms with Crippen molar-refractivity contribution in [2.75, 3.05) is 12.9 Å². The Morgan fingerprint density at radius 3 is 2.40 bits per heavy atom. The summed E-state index contributed by atoms with van der Waals surface area (Å²) in [5.74, 6) is 0.283. The maximum absolute atomic E-state index is 12.8. The molecule has 0 unspecified atom stereocenters. The van der Waals surface area contributed by atoms with Gasteiger partial charge in [0.1, 0.15) is 5.75 Å². The molecule has 3 rings (SSSR count). The van der Waals surface area contributed by atoms with Crippen molar-refractivity contribution < 1.29 is 19.4 Å². The molecule has 1 aliphatic rings. The normalized spacial score (nSPS) is 15.3. The fraction of sp³-hybridized carbons (Fsp3) is 0.300. The molecule has 1 aliphatic heterocycles. The van der Waals surface area contributed by atoms with E-state index in [1.54, 1.807) is 42.1 Å². The van der Waals surface area contributed by atoms with E-state index >= 15 is 0 Å². The van der Waals surface area contributed by atoms with Crippen molar-refractivity contribution in [3.05, 3.63) is 58.7 Å². The fourth-order valence-electron chi connectivity index (χ4n) is 2.98. The zero-order chi connectivity index (χ0) is 18.2. The molecule has 25 heavy (non-hydrogen) atoms. The molecule has 1 N–H and O–H groups in total. The standard InChI is InChI=1S/C20H20O4S/c1-20(2)8-9-25-17-11-16(21)14(10-15(17)20)18(22)12-4-6-13(7-5-12)19(23)24-3/h4-7,10-11,21H,8-9H2,1-3H3. The molecule has 0 saturated heterocycles. The number of aromatic hydroxyl groups is 1. The number of carbonyl (C=O) groups is 2. The number of methoxy groups -OCH3 is 1. The number of phenolic OH excluding ortho intramolecular Hbond substituents is 1. The Morgan fingerprint density at radius 1 is 1.12 bits per heavy atom. The summed E-state index contributed by atoms with van der Waals surface area (Å²) in [7, 11) is 1.31. The Kier molecular flexibility index (Phi) is 4.60. The van der Waals surface area contributed by atoms with Crippen LogP contribution in [0, 0.1) is 0 Å². The average Bonchev–Trinajstić information content (AvgIpc) is 2.60. The third-order valence-corrected chi connectivity index (χ3v) is 5.68. The van der Waals surface area contributed by atoms with Crippen molar-refractivity contribution in [1.29, 1.82) is 0 Å². The van der Waals surface area contributed by atoms with E-state index in [9.17, 15) is 14.7 Å². The van der Waals surface area contributed by atoms with E-state index in [4.69, 9.17) is 0 Å². The molecule has 0 aromatic heterocycles. The Bertz CT molecular complexity index is 838. The van der Waals surface area contributed by atoms with Crippen LogP contribution in [0.4, 0.5) is 0 Å². The molecule has 5 heteroatoms. The van der Waals surface area contributed by atoms with Crippen LogP contribution in [-0.2, 0) is 10.2 Å². The minimum Gasteiger partial charge on any atom is -0.507 e. The highest BCUT2D eigenvalue weighted by Gasteiger charge is 2.30. The van der Waals surface area contributed by atoms with Gasteiger partial charge >= 0.3 is 5.97 Å². The van der Waals surface area contributed by atoms with Crippen LogP contribution in [0.5, 0.6) is 5.75 Å². The second kappa shape index (κ2) is 6.56. The fourth-order valence-corrected chi connectivity index (χ4v) is 4.50. The zero-order valence-electron chi connectivity index (χ0n) is 14.5. The minimum atomic E-state index is -0.450. The van der Waals surface area contributed by atoms with Gasteiger partial charge in [-0.1, -0.05) is 26.0 Å². The second-order valence-corrected chi connectivity index (χ2v) is 7.88. The van der Waals surface area contributed by atoms with Gasteiger partial charge in [-0.15, -0.1) is 11.8 Å². The summed E-state index contributed by atoms with van der Waals surface area (Å²) in [5.41, 5.74) is 2.16. The van der Waals surface area contributed by atoms with Gasteiger partial charge in [-0.3, -0.25) is 4.79 Å². The predicted molar refractivity (Wildman–Crippen MR) is 97.7 cm³/mol. The summed E-state index contributed by atoms with van der Waals surface area (Å²) in [4.78, 5) is 25.4. The monoisotopic (exact) mass is 356 g/mol. The van der Waals surface area contributed by atoms with Crippen LogP contribution in [0.25, 0.3) is 0 Å². The summed E-state index contributed by atoms with van der Waals surface area (Å²) in [6.45, 7) is 4.31. The van der Waals surface area contributed by atoms with Gasteiger partial charge in [0.2, 0.25) is 0 Å². The highest BCUT2D eigenvalue weighted by Crippen LogP contribution is 2.44. The van der Waals surface area contributed by atoms with Crippen LogP contribution in [0.2, 0.25) is 0 Å². The number of ether oxygens (including phenoxy) is 1. The number of benzene rings is 2. The quantitative estimate of drug-likeness (QED) is 0.660. The van der Waals surface area contributed by atoms with E-state index in [0.717, 1.165) is 22.6 Å². The summed E-state index contributed by atoms with van der Waals surface area (Å²) in [6, 6.07) is 9.76. The lowest BCUT2D eigenvalue weighted by Gasteiger charge is -2.32. The van der Waals surface area contributed by atoms with Crippen LogP contribution in [-0.4, -0.2) is 29.7 Å². The number of rotatable bonds is 3. The van der Waals surface area contributed by atoms with Crippen LogP contribution < -0.4 is 0 Å². The van der Waals surface area contributed by atoms with Gasteiger partial charge in [0.05, 0.1) is 18.2 Å². The maximum Gasteiger partial charge on any atom is 0.337 e. The van der Waals surface area contributed by atoms with Gasteiger partial charge in [0, 0.05) is 10.5 Å². The zero-order valence-corrected chi connectivity index (χ0v) is 15.3. The highest BCUT2D eigenvalue weighted by molar-refractivity contribution is 7.99. The lowest BCUT2D eigenvalue weighted by Crippen LogP contribution is -2.23. The largest absolute Gasteiger partial charge is 0.507 e. The molecule has 2 aromatic carbocycles. The first kappa shape index (κ1) is 17.5. The molecule has 0 spiro atoms. The van der Waals surface area contributed by atoms with Crippen molar-refractivity contribution in [2.24, 2.45) is 0 Å². The minimum absolute atomic E-state index is 0.00834. The van der Waals surface area contributed by atoms with E-state index in [1.807, 2.05) is 6.07 Å². The number of hydrogen-bond acceptors (Lipinski definition) is 5. The lowest BCUT2D eigenvalue weighted by atomic mass is 9.80. The number of carbonyl (C=O) groups excluding carboxylic acids is 2. The van der Waals surface area contributed by atoms with Crippen LogP contribution in [0.3, 0.4) is 0 Å². The lowest BCUT2D eigenvalue weighted by molar-refractivity contribution is 0.0600. The summed E-state index contributed by atoms with van der Waals surface area (Å²) < 4.78 is 4.66. The Labute approximate surface area is 151 Å². The first-order chi connectivity index (χ1) is 11.8. The Balaban J connectivity index is 1.99. The van der Waals surface area contributed by atoms with Gasteiger partial charge in [0.25, 0.3) is 0 Å². The predicted octanol–water partition coefficient (Wildman–Crippen LogP) is 4.18. The molecule has 0 atom stereocenters. The van der Waals surface area contributed by atoms with Crippen LogP contribution >= 0.6 is 11.8 Å². The number of fused-ring (bicyclic) bond motifs is 1. The van der Waals surface area contributed by atoms with E-state index < -0.39 is 5.97 Å². The first-order valence-electron chi connectivity index (χ1n) is 8.07. The van der Waals surface area contributed by atoms with Crippen molar-refractivity contribution in [2.45, 2.75) is 30.6 Å². The third-order valence-electron chi connectivity index (χ3n) is 4.62. The molecule has 0 bridgehead atoms. The van der Waals surface area contributed by atoms with Crippen molar-refractivity contribution >= 4 is 23.5 Å². The number of phenols is 1. The van der Waals surface area contributed by atoms with Crippen molar-refractivity contribution in [3.8, 4) is 5.75 Å². The number of ketones is 1. The van der Waals surface area contributed by atoms with Gasteiger partial charge < -0.3 is 9.84 Å². The summed E-state index contributed by atoms with van der Waals surface area (Å²) in [6.07, 6.45) is 1.02. The van der Waals surface area contributed by atoms with E-state index in [-0.39, 0.29) is 16.9 Å². The molecule has 1 heterocycles. The molecular weight excluding hydrogens is 336 g/mol. The van der Waals surface area contributed by atoms with Gasteiger partial charge in [-0.05, 0) is 47.4 Å². The Morgan fingerprint density at radius 2 is 1.76 bits per heavy atom. The topological polar surface area (TPSA) is 63.6 Å². The van der Waals surface area contributed by atoms with Crippen molar-refractivity contribution in [3.63, 3.8) is 0 Å². The van der Waals surface area contributed by atoms with Crippen LogP contribution in [0.1, 0.15) is 52.1 Å². The van der Waals surface area contributed by atoms with E-state index in [1.165, 1.54) is 7.11 Å². The molecule has 4 nitrogen and oxygen atoms in total. The molecule has 130 valence electrons. The third kappa shape index (κ3) is 3.29. The van der Waals surface area contributed by atoms with Crippen LogP contribution in [0.15, 0.2) is 41.3 Å². The molecule has 0 radical (unpaired) electrons. The number of esters is 1. The molecule has 0 saturated carbocycles. The SMILES string of the molecule is COC(=O)c1ccc(C(=O)c2cc3c(cc2O)SCCC3(C)C)cc1.